The van der Waals surface area contributed by atoms with Crippen molar-refractivity contribution in [3.8, 4) is 17.2 Å². The topological polar surface area (TPSA) is 51.2 Å². The van der Waals surface area contributed by atoms with Crippen LogP contribution < -0.4 is 14.2 Å². The summed E-state index contributed by atoms with van der Waals surface area (Å²) < 4.78 is 16.7. The van der Waals surface area contributed by atoms with E-state index < -0.39 is 6.10 Å². The van der Waals surface area contributed by atoms with Crippen LogP contribution in [0.2, 0.25) is 0 Å². The second kappa shape index (κ2) is 7.08. The highest BCUT2D eigenvalue weighted by Crippen LogP contribution is 2.47. The summed E-state index contributed by atoms with van der Waals surface area (Å²) >= 11 is 0. The van der Waals surface area contributed by atoms with Gasteiger partial charge in [-0.15, -0.1) is 0 Å². The molecule has 152 valence electrons. The first kappa shape index (κ1) is 18.5. The Morgan fingerprint density at radius 2 is 1.59 bits per heavy atom. The van der Waals surface area contributed by atoms with E-state index in [0.717, 1.165) is 52.4 Å². The first-order valence-electron chi connectivity index (χ1n) is 10.3. The van der Waals surface area contributed by atoms with Gasteiger partial charge in [0.25, 0.3) is 0 Å². The summed E-state index contributed by atoms with van der Waals surface area (Å²) in [4.78, 5) is 2.45. The van der Waals surface area contributed by atoms with Gasteiger partial charge in [-0.25, -0.2) is 0 Å². The molecular formula is C24H27NO4. The summed E-state index contributed by atoms with van der Waals surface area (Å²) in [5.74, 6) is 2.22. The fraction of sp³-hybridized carbons (Fsp3) is 0.417. The number of hydrogen-bond donors (Lipinski definition) is 1. The quantitative estimate of drug-likeness (QED) is 0.668. The lowest BCUT2D eigenvalue weighted by Gasteiger charge is -2.44. The van der Waals surface area contributed by atoms with E-state index in [4.69, 9.17) is 14.2 Å². The van der Waals surface area contributed by atoms with Gasteiger partial charge in [-0.05, 0) is 76.3 Å². The van der Waals surface area contributed by atoms with E-state index in [-0.39, 0.29) is 6.04 Å². The van der Waals surface area contributed by atoms with E-state index in [9.17, 15) is 5.11 Å². The van der Waals surface area contributed by atoms with Crippen LogP contribution in [0.1, 0.15) is 36.5 Å². The number of aliphatic hydroxyl groups is 1. The first-order chi connectivity index (χ1) is 14.2. The van der Waals surface area contributed by atoms with Crippen LogP contribution in [0.3, 0.4) is 0 Å². The summed E-state index contributed by atoms with van der Waals surface area (Å²) in [7, 11) is 5.00. The molecule has 2 aliphatic rings. The van der Waals surface area contributed by atoms with Gasteiger partial charge >= 0.3 is 0 Å². The Morgan fingerprint density at radius 1 is 0.862 bits per heavy atom. The van der Waals surface area contributed by atoms with Crippen molar-refractivity contribution < 1.29 is 19.3 Å². The molecule has 2 atom stereocenters. The first-order valence-corrected chi connectivity index (χ1v) is 10.3. The molecule has 3 aromatic carbocycles. The molecule has 0 radical (unpaired) electrons. The number of piperidine rings is 1. The van der Waals surface area contributed by atoms with Crippen LogP contribution in [-0.4, -0.2) is 43.9 Å². The molecule has 1 fully saturated rings. The molecule has 3 aromatic rings. The molecule has 2 heterocycles. The fourth-order valence-electron chi connectivity index (χ4n) is 5.24. The van der Waals surface area contributed by atoms with Crippen molar-refractivity contribution in [2.45, 2.75) is 38.0 Å². The lowest BCUT2D eigenvalue weighted by molar-refractivity contribution is 0.00754. The van der Waals surface area contributed by atoms with Gasteiger partial charge in [-0.1, -0.05) is 12.5 Å². The average molecular weight is 393 g/mol. The average Bonchev–Trinajstić information content (AvgIpc) is 2.77. The van der Waals surface area contributed by atoms with Gasteiger partial charge in [-0.3, -0.25) is 4.90 Å². The van der Waals surface area contributed by atoms with Crippen molar-refractivity contribution in [2.24, 2.45) is 0 Å². The molecule has 1 saturated heterocycles. The van der Waals surface area contributed by atoms with Crippen LogP contribution in [0, 0.1) is 0 Å². The molecule has 0 aromatic heterocycles. The molecule has 0 amide bonds. The number of methoxy groups -OCH3 is 3. The van der Waals surface area contributed by atoms with Crippen molar-refractivity contribution in [1.82, 2.24) is 4.90 Å². The third kappa shape index (κ3) is 2.75. The maximum atomic E-state index is 11.4. The standard InChI is InChI=1S/C24H27NO4/c1-27-14-7-8-15-16(10-14)17-11-21(28-2)22(29-3)12-18(17)19-13-25-9-5-4-6-20(25)24(26)23(15)19/h7-8,10-12,20,24,26H,4-6,9,13H2,1-3H3/t20-,24+/m0/s1. The van der Waals surface area contributed by atoms with E-state index in [2.05, 4.69) is 23.1 Å². The second-order valence-corrected chi connectivity index (χ2v) is 8.03. The van der Waals surface area contributed by atoms with Gasteiger partial charge < -0.3 is 19.3 Å². The monoisotopic (exact) mass is 393 g/mol. The van der Waals surface area contributed by atoms with E-state index in [0.29, 0.717) is 11.5 Å². The second-order valence-electron chi connectivity index (χ2n) is 8.03. The van der Waals surface area contributed by atoms with Gasteiger partial charge in [0.1, 0.15) is 5.75 Å². The largest absolute Gasteiger partial charge is 0.497 e. The molecular weight excluding hydrogens is 366 g/mol. The van der Waals surface area contributed by atoms with Crippen LogP contribution in [-0.2, 0) is 6.54 Å². The summed E-state index contributed by atoms with van der Waals surface area (Å²) in [6.07, 6.45) is 2.92. The normalized spacial score (nSPS) is 21.7. The zero-order valence-corrected chi connectivity index (χ0v) is 17.2. The maximum absolute atomic E-state index is 11.4. The zero-order valence-electron chi connectivity index (χ0n) is 17.2. The van der Waals surface area contributed by atoms with Crippen molar-refractivity contribution >= 4 is 21.5 Å². The molecule has 5 nitrogen and oxygen atoms in total. The Balaban J connectivity index is 1.89. The molecule has 0 unspecified atom stereocenters. The van der Waals surface area contributed by atoms with E-state index in [1.54, 1.807) is 21.3 Å². The van der Waals surface area contributed by atoms with Crippen molar-refractivity contribution in [2.75, 3.05) is 27.9 Å². The smallest absolute Gasteiger partial charge is 0.161 e. The van der Waals surface area contributed by atoms with Crippen LogP contribution in [0.4, 0.5) is 0 Å². The van der Waals surface area contributed by atoms with E-state index in [1.165, 1.54) is 18.4 Å². The summed E-state index contributed by atoms with van der Waals surface area (Å²) in [5, 5.41) is 15.8. The van der Waals surface area contributed by atoms with E-state index >= 15 is 0 Å². The van der Waals surface area contributed by atoms with Crippen LogP contribution in [0.25, 0.3) is 21.5 Å². The minimum Gasteiger partial charge on any atom is -0.497 e. The zero-order chi connectivity index (χ0) is 20.1. The number of benzene rings is 3. The number of rotatable bonds is 3. The van der Waals surface area contributed by atoms with E-state index in [1.807, 2.05) is 12.1 Å². The lowest BCUT2D eigenvalue weighted by atomic mass is 9.80. The molecule has 2 aliphatic heterocycles. The van der Waals surface area contributed by atoms with Crippen LogP contribution in [0.15, 0.2) is 30.3 Å². The van der Waals surface area contributed by atoms with Gasteiger partial charge in [-0.2, -0.15) is 0 Å². The third-order valence-corrected chi connectivity index (χ3v) is 6.67. The van der Waals surface area contributed by atoms with Crippen molar-refractivity contribution in [3.63, 3.8) is 0 Å². The highest BCUT2D eigenvalue weighted by Gasteiger charge is 2.37. The molecule has 5 heteroatoms. The predicted molar refractivity (Wildman–Crippen MR) is 114 cm³/mol. The molecule has 0 aliphatic carbocycles. The molecule has 5 rings (SSSR count). The van der Waals surface area contributed by atoms with Gasteiger partial charge in [0.15, 0.2) is 11.5 Å². The Bertz CT molecular complexity index is 1090. The van der Waals surface area contributed by atoms with Crippen LogP contribution in [0.5, 0.6) is 17.2 Å². The number of aliphatic hydroxyl groups excluding tert-OH is 1. The van der Waals surface area contributed by atoms with Crippen LogP contribution >= 0.6 is 0 Å². The Kier molecular flexibility index (Phi) is 4.52. The predicted octanol–water partition coefficient (Wildman–Crippen LogP) is 4.42. The van der Waals surface area contributed by atoms with Gasteiger partial charge in [0, 0.05) is 12.6 Å². The summed E-state index contributed by atoms with van der Waals surface area (Å²) in [6, 6.07) is 10.4. The fourth-order valence-corrected chi connectivity index (χ4v) is 5.24. The summed E-state index contributed by atoms with van der Waals surface area (Å²) in [6.45, 7) is 1.89. The minimum absolute atomic E-state index is 0.194. The van der Waals surface area contributed by atoms with Gasteiger partial charge in [0.2, 0.25) is 0 Å². The highest BCUT2D eigenvalue weighted by atomic mass is 16.5. The molecule has 0 bridgehead atoms. The maximum Gasteiger partial charge on any atom is 0.161 e. The van der Waals surface area contributed by atoms with Gasteiger partial charge in [0.05, 0.1) is 27.4 Å². The third-order valence-electron chi connectivity index (χ3n) is 6.67. The Labute approximate surface area is 170 Å². The Hall–Kier alpha value is -2.50. The number of hydrogen-bond acceptors (Lipinski definition) is 5. The number of nitrogens with zero attached hydrogens (tertiary/aromatic N) is 1. The minimum atomic E-state index is -0.493. The number of ether oxygens (including phenoxy) is 3. The molecule has 0 saturated carbocycles. The highest BCUT2D eigenvalue weighted by molar-refractivity contribution is 6.12. The lowest BCUT2D eigenvalue weighted by Crippen LogP contribution is -2.46. The Morgan fingerprint density at radius 3 is 2.31 bits per heavy atom. The van der Waals surface area contributed by atoms with Crippen molar-refractivity contribution in [1.29, 1.82) is 0 Å². The molecule has 29 heavy (non-hydrogen) atoms. The van der Waals surface area contributed by atoms with Crippen molar-refractivity contribution in [3.05, 3.63) is 41.5 Å². The molecule has 0 spiro atoms. The summed E-state index contributed by atoms with van der Waals surface area (Å²) in [5.41, 5.74) is 2.26. The molecule has 1 N–H and O–H groups in total. The SMILES string of the molecule is COc1ccc2c3c(c4cc(OC)c(OC)cc4c2c1)CN1CCCC[C@H]1[C@H]3O. The number of fused-ring (bicyclic) bond motifs is 7.